The van der Waals surface area contributed by atoms with Crippen molar-refractivity contribution in [2.45, 2.75) is 37.8 Å². The van der Waals surface area contributed by atoms with Gasteiger partial charge in [-0.25, -0.2) is 9.98 Å². The number of fused-ring (bicyclic) bond motifs is 10. The van der Waals surface area contributed by atoms with Crippen LogP contribution in [0.3, 0.4) is 0 Å². The number of hydrogen-bond acceptors (Lipinski definition) is 4. The van der Waals surface area contributed by atoms with Crippen molar-refractivity contribution in [3.63, 3.8) is 0 Å². The topological polar surface area (TPSA) is 59.8 Å². The van der Waals surface area contributed by atoms with Gasteiger partial charge in [-0.2, -0.15) is 0 Å². The summed E-state index contributed by atoms with van der Waals surface area (Å²) in [5, 5.41) is 12.1. The average molecular weight is 876 g/mol. The van der Waals surface area contributed by atoms with Crippen molar-refractivity contribution in [1.29, 1.82) is 0 Å². The Kier molecular flexibility index (Phi) is 8.87. The van der Waals surface area contributed by atoms with Gasteiger partial charge in [0.1, 0.15) is 23.3 Å². The van der Waals surface area contributed by atoms with Gasteiger partial charge in [0.25, 0.3) is 0 Å². The third-order valence-electron chi connectivity index (χ3n) is 14.4. The van der Waals surface area contributed by atoms with Crippen LogP contribution in [0.15, 0.2) is 220 Å². The van der Waals surface area contributed by atoms with E-state index >= 15 is 0 Å². The number of aliphatic imine (C=N–C) groups is 2. The standard InChI is InChI=1S/C62H45N5O/c1-3-17-39(18-4-1)40-21-15-22-41(34-33-40)60-63-61(49-28-16-31-53-57(49)48-27-10-13-30-52(48)66(53)44-23-5-2-6-24-44)65-62(64-60)58-54(36-35-47-46-26-11-14-32-56(46)68-59(47)58)67-51-29-12-9-25-45(51)50-37-42-19-7-8-20-43(42)38-55(50)67/h1-13,15-20,22-31,34-38,40,60H,14,21,32-33H2,(H,63,64,65). The zero-order valence-electron chi connectivity index (χ0n) is 37.3. The lowest BCUT2D eigenvalue weighted by atomic mass is 9.93. The molecule has 0 spiro atoms. The Morgan fingerprint density at radius 1 is 0.574 bits per heavy atom. The first kappa shape index (κ1) is 38.8. The van der Waals surface area contributed by atoms with Crippen molar-refractivity contribution in [1.82, 2.24) is 14.5 Å². The zero-order chi connectivity index (χ0) is 44.7. The third kappa shape index (κ3) is 6.10. The third-order valence-corrected chi connectivity index (χ3v) is 14.4. The number of nitrogens with one attached hydrogen (secondary N) is 1. The first-order valence-corrected chi connectivity index (χ1v) is 23.8. The molecule has 324 valence electrons. The Morgan fingerprint density at radius 3 is 2.16 bits per heavy atom. The summed E-state index contributed by atoms with van der Waals surface area (Å²) < 4.78 is 11.9. The molecule has 3 aliphatic rings. The van der Waals surface area contributed by atoms with E-state index in [1.807, 2.05) is 0 Å². The Morgan fingerprint density at radius 2 is 1.31 bits per heavy atom. The molecular weight excluding hydrogens is 831 g/mol. The minimum atomic E-state index is -0.435. The highest BCUT2D eigenvalue weighted by molar-refractivity contribution is 6.25. The maximum Gasteiger partial charge on any atom is 0.160 e. The predicted octanol–water partition coefficient (Wildman–Crippen LogP) is 14.9. The van der Waals surface area contributed by atoms with Gasteiger partial charge in [-0.05, 0) is 102 Å². The molecule has 1 N–H and O–H groups in total. The second-order valence-corrected chi connectivity index (χ2v) is 18.3. The van der Waals surface area contributed by atoms with E-state index in [9.17, 15) is 0 Å². The lowest BCUT2D eigenvalue weighted by molar-refractivity contribution is 0.545. The van der Waals surface area contributed by atoms with Crippen LogP contribution in [0.1, 0.15) is 53.2 Å². The van der Waals surface area contributed by atoms with Crippen LogP contribution in [0.4, 0.5) is 0 Å². The molecule has 3 aromatic heterocycles. The lowest BCUT2D eigenvalue weighted by Gasteiger charge is -2.26. The second-order valence-electron chi connectivity index (χ2n) is 18.3. The average Bonchev–Trinajstić information content (AvgIpc) is 3.97. The smallest absolute Gasteiger partial charge is 0.160 e. The van der Waals surface area contributed by atoms with Gasteiger partial charge in [-0.15, -0.1) is 0 Å². The van der Waals surface area contributed by atoms with Crippen LogP contribution in [0, 0.1) is 0 Å². The fourth-order valence-electron chi connectivity index (χ4n) is 11.3. The molecule has 11 aromatic rings. The van der Waals surface area contributed by atoms with Gasteiger partial charge in [0.15, 0.2) is 5.84 Å². The van der Waals surface area contributed by atoms with E-state index < -0.39 is 6.17 Å². The summed E-state index contributed by atoms with van der Waals surface area (Å²) in [6.45, 7) is 0. The summed E-state index contributed by atoms with van der Waals surface area (Å²) in [5.74, 6) is 2.79. The van der Waals surface area contributed by atoms with Gasteiger partial charge in [0, 0.05) is 50.2 Å². The summed E-state index contributed by atoms with van der Waals surface area (Å²) in [7, 11) is 0. The number of rotatable bonds is 6. The molecule has 0 radical (unpaired) electrons. The molecule has 0 amide bonds. The van der Waals surface area contributed by atoms with Gasteiger partial charge >= 0.3 is 0 Å². The number of hydrogen-bond donors (Lipinski definition) is 1. The van der Waals surface area contributed by atoms with E-state index in [0.29, 0.717) is 11.8 Å². The first-order valence-electron chi connectivity index (χ1n) is 23.8. The fraction of sp³-hybridized carbons (Fsp3) is 0.0968. The highest BCUT2D eigenvalue weighted by atomic mass is 16.3. The van der Waals surface area contributed by atoms with Crippen LogP contribution in [0.5, 0.6) is 0 Å². The molecular formula is C62H45N5O. The molecule has 0 saturated heterocycles. The van der Waals surface area contributed by atoms with Crippen molar-refractivity contribution in [2.75, 3.05) is 0 Å². The first-order chi connectivity index (χ1) is 33.7. The van der Waals surface area contributed by atoms with Crippen LogP contribution >= 0.6 is 0 Å². The molecule has 6 heteroatoms. The fourth-order valence-corrected chi connectivity index (χ4v) is 11.3. The number of aromatic nitrogens is 2. The van der Waals surface area contributed by atoms with Crippen molar-refractivity contribution in [2.24, 2.45) is 9.98 Å². The second kappa shape index (κ2) is 15.6. The molecule has 2 aliphatic carbocycles. The summed E-state index contributed by atoms with van der Waals surface area (Å²) in [5.41, 5.74) is 12.9. The Hall–Kier alpha value is -8.48. The van der Waals surface area contributed by atoms with Crippen LogP contribution in [-0.2, 0) is 6.42 Å². The lowest BCUT2D eigenvalue weighted by Crippen LogP contribution is -2.40. The van der Waals surface area contributed by atoms with Gasteiger partial charge in [-0.1, -0.05) is 152 Å². The number of aryl methyl sites for hydroxylation is 1. The molecule has 2 atom stereocenters. The van der Waals surface area contributed by atoms with E-state index in [1.165, 1.54) is 27.1 Å². The minimum Gasteiger partial charge on any atom is -0.460 e. The van der Waals surface area contributed by atoms with Crippen LogP contribution in [0.2, 0.25) is 0 Å². The Bertz CT molecular complexity index is 4010. The van der Waals surface area contributed by atoms with Gasteiger partial charge in [-0.3, -0.25) is 0 Å². The van der Waals surface area contributed by atoms with Gasteiger partial charge < -0.3 is 18.9 Å². The maximum absolute atomic E-state index is 7.14. The van der Waals surface area contributed by atoms with E-state index in [2.05, 4.69) is 221 Å². The van der Waals surface area contributed by atoms with E-state index in [1.54, 1.807) is 0 Å². The minimum absolute atomic E-state index is 0.372. The van der Waals surface area contributed by atoms with Crippen LogP contribution in [0.25, 0.3) is 82.8 Å². The summed E-state index contributed by atoms with van der Waals surface area (Å²) in [6.07, 6.45) is 14.7. The largest absolute Gasteiger partial charge is 0.460 e. The number of furan rings is 1. The Balaban J connectivity index is 1.05. The molecule has 8 aromatic carbocycles. The van der Waals surface area contributed by atoms with Crippen molar-refractivity contribution >= 4 is 83.1 Å². The molecule has 2 unspecified atom stereocenters. The highest BCUT2D eigenvalue weighted by Gasteiger charge is 2.31. The number of amidine groups is 2. The molecule has 0 fully saturated rings. The normalized spacial score (nSPS) is 17.1. The molecule has 68 heavy (non-hydrogen) atoms. The molecule has 4 heterocycles. The van der Waals surface area contributed by atoms with Crippen molar-refractivity contribution in [3.05, 3.63) is 234 Å². The number of nitrogens with zero attached hydrogens (tertiary/aromatic N) is 4. The van der Waals surface area contributed by atoms with E-state index in [4.69, 9.17) is 14.4 Å². The van der Waals surface area contributed by atoms with Crippen molar-refractivity contribution < 1.29 is 4.42 Å². The SMILES string of the molecule is C1=Cc2c(oc3c(C4=NC(c5cccc6c5c5ccccc5n6-c5ccccc5)=NC(C5=CCC(c6ccccc6)CC=C5)N4)c(-n4c5ccccc5c5cc6ccccc6cc54)ccc23)CC1. The number of benzene rings is 8. The molecule has 6 nitrogen and oxygen atoms in total. The Labute approximate surface area is 393 Å². The highest BCUT2D eigenvalue weighted by Crippen LogP contribution is 2.42. The molecule has 0 bridgehead atoms. The molecule has 0 saturated carbocycles. The monoisotopic (exact) mass is 875 g/mol. The zero-order valence-corrected chi connectivity index (χ0v) is 37.3. The van der Waals surface area contributed by atoms with Gasteiger partial charge in [0.2, 0.25) is 0 Å². The molecule has 1 aliphatic heterocycles. The summed E-state index contributed by atoms with van der Waals surface area (Å²) in [4.78, 5) is 11.4. The van der Waals surface area contributed by atoms with Gasteiger partial charge in [0.05, 0.1) is 33.3 Å². The number of para-hydroxylation sites is 3. The van der Waals surface area contributed by atoms with E-state index in [0.717, 1.165) is 115 Å². The maximum atomic E-state index is 7.14. The van der Waals surface area contributed by atoms with Crippen molar-refractivity contribution in [3.8, 4) is 11.4 Å². The van der Waals surface area contributed by atoms with Crippen LogP contribution < -0.4 is 5.32 Å². The summed E-state index contributed by atoms with van der Waals surface area (Å²) in [6, 6.07) is 63.5. The summed E-state index contributed by atoms with van der Waals surface area (Å²) >= 11 is 0. The predicted molar refractivity (Wildman–Crippen MR) is 282 cm³/mol. The van der Waals surface area contributed by atoms with Crippen LogP contribution in [-0.4, -0.2) is 27.0 Å². The molecule has 14 rings (SSSR count). The quantitative estimate of drug-likeness (QED) is 0.181. The number of allylic oxidation sites excluding steroid dienone is 3. The van der Waals surface area contributed by atoms with E-state index in [-0.39, 0.29) is 0 Å².